The molecule has 0 aromatic heterocycles. The second kappa shape index (κ2) is 6.36. The van der Waals surface area contributed by atoms with Crippen molar-refractivity contribution in [3.63, 3.8) is 0 Å². The summed E-state index contributed by atoms with van der Waals surface area (Å²) in [5.41, 5.74) is 1.15. The van der Waals surface area contributed by atoms with Gasteiger partial charge in [0.15, 0.2) is 0 Å². The number of ether oxygens (including phenoxy) is 1. The summed E-state index contributed by atoms with van der Waals surface area (Å²) in [7, 11) is 1.64. The Bertz CT molecular complexity index is 698. The lowest BCUT2D eigenvalue weighted by Crippen LogP contribution is -2.33. The van der Waals surface area contributed by atoms with E-state index in [1.165, 1.54) is 4.90 Å². The number of amides is 3. The molecule has 0 bridgehead atoms. The van der Waals surface area contributed by atoms with Crippen molar-refractivity contribution in [1.82, 2.24) is 9.80 Å². The number of benzene rings is 1. The minimum Gasteiger partial charge on any atom is -0.380 e. The van der Waals surface area contributed by atoms with E-state index in [2.05, 4.69) is 0 Å². The predicted molar refractivity (Wildman–Crippen MR) is 88.0 cm³/mol. The third-order valence-electron chi connectivity index (χ3n) is 4.53. The molecule has 2 aliphatic rings. The van der Waals surface area contributed by atoms with E-state index in [-0.39, 0.29) is 29.7 Å². The number of hydrogen-bond acceptors (Lipinski definition) is 4. The van der Waals surface area contributed by atoms with Crippen LogP contribution in [0, 0.1) is 5.92 Å². The monoisotopic (exact) mass is 330 g/mol. The molecule has 0 aliphatic carbocycles. The molecule has 0 radical (unpaired) electrons. The lowest BCUT2D eigenvalue weighted by molar-refractivity contribution is 0.0636. The van der Waals surface area contributed by atoms with E-state index < -0.39 is 0 Å². The molecule has 1 fully saturated rings. The highest BCUT2D eigenvalue weighted by atomic mass is 16.5. The molecule has 3 rings (SSSR count). The minimum absolute atomic E-state index is 0.0631. The zero-order valence-electron chi connectivity index (χ0n) is 14.2. The third kappa shape index (κ3) is 2.82. The van der Waals surface area contributed by atoms with Gasteiger partial charge < -0.3 is 9.64 Å². The van der Waals surface area contributed by atoms with E-state index in [9.17, 15) is 14.4 Å². The smallest absolute Gasteiger partial charge is 0.261 e. The van der Waals surface area contributed by atoms with Crippen LogP contribution in [0.5, 0.6) is 0 Å². The SMILES string of the molecule is COC1CCN(C(=O)c2ccc3c(c2)C(=O)N(CC(C)C)C3=O)C1. The third-order valence-corrected chi connectivity index (χ3v) is 4.53. The van der Waals surface area contributed by atoms with Crippen LogP contribution in [-0.2, 0) is 4.74 Å². The van der Waals surface area contributed by atoms with Gasteiger partial charge in [0.25, 0.3) is 17.7 Å². The first-order valence-electron chi connectivity index (χ1n) is 8.24. The van der Waals surface area contributed by atoms with E-state index in [0.29, 0.717) is 36.3 Å². The Morgan fingerprint density at radius 2 is 1.96 bits per heavy atom. The number of hydrogen-bond donors (Lipinski definition) is 0. The van der Waals surface area contributed by atoms with Crippen LogP contribution >= 0.6 is 0 Å². The fourth-order valence-corrected chi connectivity index (χ4v) is 3.24. The maximum atomic E-state index is 12.6. The number of rotatable bonds is 4. The average Bonchev–Trinajstić information content (AvgIpc) is 3.13. The Hall–Kier alpha value is -2.21. The molecule has 6 nitrogen and oxygen atoms in total. The first kappa shape index (κ1) is 16.6. The summed E-state index contributed by atoms with van der Waals surface area (Å²) < 4.78 is 5.28. The molecule has 1 unspecified atom stereocenters. The molecule has 1 atom stereocenters. The van der Waals surface area contributed by atoms with E-state index in [1.54, 1.807) is 30.2 Å². The molecule has 2 aliphatic heterocycles. The lowest BCUT2D eigenvalue weighted by atomic mass is 10.0. The van der Waals surface area contributed by atoms with Crippen LogP contribution in [0.25, 0.3) is 0 Å². The highest BCUT2D eigenvalue weighted by Gasteiger charge is 2.36. The molecule has 0 spiro atoms. The van der Waals surface area contributed by atoms with Crippen LogP contribution in [0.15, 0.2) is 18.2 Å². The number of carbonyl (C=O) groups excluding carboxylic acids is 3. The van der Waals surface area contributed by atoms with Gasteiger partial charge in [-0.15, -0.1) is 0 Å². The van der Waals surface area contributed by atoms with E-state index >= 15 is 0 Å². The fourth-order valence-electron chi connectivity index (χ4n) is 3.24. The Morgan fingerprint density at radius 3 is 2.58 bits per heavy atom. The van der Waals surface area contributed by atoms with Gasteiger partial charge in [0.2, 0.25) is 0 Å². The van der Waals surface area contributed by atoms with E-state index in [0.717, 1.165) is 6.42 Å². The average molecular weight is 330 g/mol. The van der Waals surface area contributed by atoms with Crippen molar-refractivity contribution in [3.8, 4) is 0 Å². The van der Waals surface area contributed by atoms with Crippen LogP contribution < -0.4 is 0 Å². The molecule has 6 heteroatoms. The van der Waals surface area contributed by atoms with Crippen molar-refractivity contribution in [2.45, 2.75) is 26.4 Å². The first-order chi connectivity index (χ1) is 11.4. The molecule has 3 amide bonds. The van der Waals surface area contributed by atoms with Crippen LogP contribution in [-0.4, -0.2) is 60.4 Å². The van der Waals surface area contributed by atoms with Gasteiger partial charge in [-0.2, -0.15) is 0 Å². The van der Waals surface area contributed by atoms with Crippen molar-refractivity contribution in [3.05, 3.63) is 34.9 Å². The second-order valence-electron chi connectivity index (χ2n) is 6.77. The molecule has 2 heterocycles. The quantitative estimate of drug-likeness (QED) is 0.790. The van der Waals surface area contributed by atoms with Crippen LogP contribution in [0.4, 0.5) is 0 Å². The standard InChI is InChI=1S/C18H22N2O4/c1-11(2)9-20-17(22)14-5-4-12(8-15(14)18(20)23)16(21)19-7-6-13(10-19)24-3/h4-5,8,11,13H,6-7,9-10H2,1-3H3. The first-order valence-corrected chi connectivity index (χ1v) is 8.24. The molecular formula is C18H22N2O4. The summed E-state index contributed by atoms with van der Waals surface area (Å²) in [6, 6.07) is 4.77. The second-order valence-corrected chi connectivity index (χ2v) is 6.77. The van der Waals surface area contributed by atoms with Gasteiger partial charge in [-0.1, -0.05) is 13.8 Å². The highest BCUT2D eigenvalue weighted by molar-refractivity contribution is 6.22. The van der Waals surface area contributed by atoms with Crippen molar-refractivity contribution in [1.29, 1.82) is 0 Å². The molecule has 0 saturated carbocycles. The summed E-state index contributed by atoms with van der Waals surface area (Å²) in [4.78, 5) is 40.5. The molecular weight excluding hydrogens is 308 g/mol. The number of nitrogens with zero attached hydrogens (tertiary/aromatic N) is 2. The van der Waals surface area contributed by atoms with Crippen LogP contribution in [0.2, 0.25) is 0 Å². The summed E-state index contributed by atoms with van der Waals surface area (Å²) in [5.74, 6) is -0.512. The summed E-state index contributed by atoms with van der Waals surface area (Å²) in [6.07, 6.45) is 0.875. The van der Waals surface area contributed by atoms with Crippen molar-refractivity contribution in [2.24, 2.45) is 5.92 Å². The van der Waals surface area contributed by atoms with Crippen LogP contribution in [0.1, 0.15) is 51.3 Å². The molecule has 0 N–H and O–H groups in total. The highest BCUT2D eigenvalue weighted by Crippen LogP contribution is 2.26. The topological polar surface area (TPSA) is 66.9 Å². The molecule has 1 aromatic carbocycles. The van der Waals surface area contributed by atoms with Gasteiger partial charge in [-0.25, -0.2) is 0 Å². The summed E-state index contributed by atoms with van der Waals surface area (Å²) in [5, 5.41) is 0. The maximum absolute atomic E-state index is 12.6. The Labute approximate surface area is 141 Å². The molecule has 1 aromatic rings. The van der Waals surface area contributed by atoms with Gasteiger partial charge in [0.05, 0.1) is 17.2 Å². The van der Waals surface area contributed by atoms with E-state index in [1.807, 2.05) is 13.8 Å². The Kier molecular flexibility index (Phi) is 4.41. The van der Waals surface area contributed by atoms with Gasteiger partial charge in [-0.3, -0.25) is 19.3 Å². The fraction of sp³-hybridized carbons (Fsp3) is 0.500. The predicted octanol–water partition coefficient (Wildman–Crippen LogP) is 1.80. The minimum atomic E-state index is -0.311. The number of carbonyl (C=O) groups is 3. The molecule has 1 saturated heterocycles. The number of methoxy groups -OCH3 is 1. The maximum Gasteiger partial charge on any atom is 0.261 e. The number of likely N-dealkylation sites (tertiary alicyclic amines) is 1. The lowest BCUT2D eigenvalue weighted by Gasteiger charge is -2.16. The van der Waals surface area contributed by atoms with Crippen LogP contribution in [0.3, 0.4) is 0 Å². The zero-order valence-corrected chi connectivity index (χ0v) is 14.2. The molecule has 128 valence electrons. The molecule has 24 heavy (non-hydrogen) atoms. The number of imide groups is 1. The Balaban J connectivity index is 1.83. The largest absolute Gasteiger partial charge is 0.380 e. The summed E-state index contributed by atoms with van der Waals surface area (Å²) >= 11 is 0. The zero-order chi connectivity index (χ0) is 17.4. The van der Waals surface area contributed by atoms with Gasteiger partial charge in [0.1, 0.15) is 0 Å². The van der Waals surface area contributed by atoms with Crippen molar-refractivity contribution in [2.75, 3.05) is 26.7 Å². The van der Waals surface area contributed by atoms with E-state index in [4.69, 9.17) is 4.74 Å². The van der Waals surface area contributed by atoms with Gasteiger partial charge >= 0.3 is 0 Å². The summed E-state index contributed by atoms with van der Waals surface area (Å²) in [6.45, 7) is 5.49. The normalized spacial score (nSPS) is 20.2. The van der Waals surface area contributed by atoms with Gasteiger partial charge in [-0.05, 0) is 30.5 Å². The van der Waals surface area contributed by atoms with Crippen molar-refractivity contribution >= 4 is 17.7 Å². The van der Waals surface area contributed by atoms with Crippen molar-refractivity contribution < 1.29 is 19.1 Å². The Morgan fingerprint density at radius 1 is 1.25 bits per heavy atom. The number of fused-ring (bicyclic) bond motifs is 1. The van der Waals surface area contributed by atoms with Gasteiger partial charge in [0, 0.05) is 32.3 Å².